The Morgan fingerprint density at radius 3 is 2.59 bits per heavy atom. The Hall–Kier alpha value is -1.11. The molecule has 2 saturated heterocycles. The van der Waals surface area contributed by atoms with Crippen LogP contribution in [0.3, 0.4) is 0 Å². The molecule has 2 fully saturated rings. The number of nitrogens with zero attached hydrogens (tertiary/aromatic N) is 2. The third kappa shape index (κ3) is 3.14. The molecule has 3 rings (SSSR count). The molecule has 0 amide bonds. The molecule has 120 valence electrons. The summed E-state index contributed by atoms with van der Waals surface area (Å²) in [5, 5.41) is 4.56. The topological polar surface area (TPSA) is 45.5 Å². The van der Waals surface area contributed by atoms with E-state index in [0.717, 1.165) is 25.1 Å². The van der Waals surface area contributed by atoms with Crippen LogP contribution in [0, 0.1) is 0 Å². The summed E-state index contributed by atoms with van der Waals surface area (Å²) in [6, 6.07) is 1.99. The number of hydrogen-bond donors (Lipinski definition) is 0. The maximum absolute atomic E-state index is 5.94. The first kappa shape index (κ1) is 15.8. The second-order valence-corrected chi connectivity index (χ2v) is 7.03. The Morgan fingerprint density at radius 1 is 1.23 bits per heavy atom. The summed E-state index contributed by atoms with van der Waals surface area (Å²) in [5.74, 6) is 1.92. The van der Waals surface area contributed by atoms with E-state index in [1.807, 2.05) is 29.0 Å². The summed E-state index contributed by atoms with van der Waals surface area (Å²) in [4.78, 5) is 0. The highest BCUT2D eigenvalue weighted by atomic mass is 16.7. The van der Waals surface area contributed by atoms with Crippen LogP contribution in [0.1, 0.15) is 58.9 Å². The quantitative estimate of drug-likeness (QED) is 0.804. The van der Waals surface area contributed by atoms with Crippen LogP contribution in [0.25, 0.3) is 6.08 Å². The van der Waals surface area contributed by atoms with Crippen molar-refractivity contribution in [3.8, 4) is 0 Å². The van der Waals surface area contributed by atoms with E-state index in [0.29, 0.717) is 0 Å². The molecule has 0 saturated carbocycles. The van der Waals surface area contributed by atoms with Crippen LogP contribution < -0.4 is 0 Å². The highest BCUT2D eigenvalue weighted by molar-refractivity contribution is 6.52. The van der Waals surface area contributed by atoms with Gasteiger partial charge in [0.05, 0.1) is 16.9 Å². The summed E-state index contributed by atoms with van der Waals surface area (Å²) in [6.07, 6.45) is 7.37. The van der Waals surface area contributed by atoms with E-state index in [9.17, 15) is 0 Å². The summed E-state index contributed by atoms with van der Waals surface area (Å²) >= 11 is 0. The van der Waals surface area contributed by atoms with Crippen molar-refractivity contribution in [1.82, 2.24) is 9.78 Å². The lowest BCUT2D eigenvalue weighted by Gasteiger charge is -2.32. The van der Waals surface area contributed by atoms with Gasteiger partial charge in [-0.2, -0.15) is 5.10 Å². The van der Waals surface area contributed by atoms with Gasteiger partial charge in [0.15, 0.2) is 0 Å². The Kier molecular flexibility index (Phi) is 4.18. The highest BCUT2D eigenvalue weighted by Gasteiger charge is 2.50. The van der Waals surface area contributed by atoms with Gasteiger partial charge in [-0.3, -0.25) is 0 Å². The molecular formula is C16H25BN2O3. The molecule has 22 heavy (non-hydrogen) atoms. The third-order valence-electron chi connectivity index (χ3n) is 4.78. The number of hydrogen-bond acceptors (Lipinski definition) is 4. The van der Waals surface area contributed by atoms with Gasteiger partial charge in [-0.25, -0.2) is 4.68 Å². The van der Waals surface area contributed by atoms with Gasteiger partial charge in [-0.15, -0.1) is 0 Å². The summed E-state index contributed by atoms with van der Waals surface area (Å²) in [5.41, 5.74) is 0.276. The average Bonchev–Trinajstić information content (AvgIpc) is 3.01. The summed E-state index contributed by atoms with van der Waals surface area (Å²) in [6.45, 7) is 9.03. The van der Waals surface area contributed by atoms with Gasteiger partial charge in [0.25, 0.3) is 0 Å². The normalized spacial score (nSPS) is 27.6. The van der Waals surface area contributed by atoms with Gasteiger partial charge in [0.1, 0.15) is 6.23 Å². The minimum absolute atomic E-state index is 0.0766. The van der Waals surface area contributed by atoms with Crippen LogP contribution in [0.15, 0.2) is 18.2 Å². The fourth-order valence-electron chi connectivity index (χ4n) is 2.68. The van der Waals surface area contributed by atoms with E-state index in [1.165, 1.54) is 6.42 Å². The van der Waals surface area contributed by atoms with Crippen molar-refractivity contribution in [1.29, 1.82) is 0 Å². The summed E-state index contributed by atoms with van der Waals surface area (Å²) in [7, 11) is -0.332. The fourth-order valence-corrected chi connectivity index (χ4v) is 2.68. The van der Waals surface area contributed by atoms with Crippen molar-refractivity contribution in [2.45, 2.75) is 64.4 Å². The molecule has 6 heteroatoms. The Balaban J connectivity index is 1.63. The van der Waals surface area contributed by atoms with Crippen LogP contribution >= 0.6 is 0 Å². The standard InChI is InChI=1S/C16H25BN2O3/c1-15(2)16(3,4)22-17(21-15)10-8-13-9-11-19(18-13)14-7-5-6-12-20-14/h8-11,14H,5-7,12H2,1-4H3/b10-8+. The van der Waals surface area contributed by atoms with Gasteiger partial charge in [0.2, 0.25) is 0 Å². The SMILES string of the molecule is CC1(C)OB(/C=C/c2ccn(C3CCCCO3)n2)OC1(C)C. The Bertz CT molecular complexity index is 531. The van der Waals surface area contributed by atoms with Gasteiger partial charge < -0.3 is 14.0 Å². The second kappa shape index (κ2) is 5.83. The zero-order valence-corrected chi connectivity index (χ0v) is 13.9. The minimum atomic E-state index is -0.332. The first-order valence-corrected chi connectivity index (χ1v) is 8.08. The van der Waals surface area contributed by atoms with E-state index in [-0.39, 0.29) is 24.5 Å². The van der Waals surface area contributed by atoms with E-state index in [1.54, 1.807) is 0 Å². The molecule has 0 aliphatic carbocycles. The number of ether oxygens (including phenoxy) is 1. The van der Waals surface area contributed by atoms with E-state index in [2.05, 4.69) is 32.8 Å². The molecule has 0 bridgehead atoms. The number of rotatable bonds is 3. The highest BCUT2D eigenvalue weighted by Crippen LogP contribution is 2.37. The molecule has 0 N–H and O–H groups in total. The van der Waals surface area contributed by atoms with Gasteiger partial charge in [0, 0.05) is 12.8 Å². The molecule has 3 heterocycles. The zero-order chi connectivity index (χ0) is 15.8. The molecule has 1 aromatic rings. The van der Waals surface area contributed by atoms with Gasteiger partial charge >= 0.3 is 7.12 Å². The molecule has 0 radical (unpaired) electrons. The van der Waals surface area contributed by atoms with Gasteiger partial charge in [-0.1, -0.05) is 5.98 Å². The zero-order valence-electron chi connectivity index (χ0n) is 13.9. The molecule has 0 aromatic carbocycles. The van der Waals surface area contributed by atoms with Crippen molar-refractivity contribution >= 4 is 13.2 Å². The predicted octanol–water partition coefficient (Wildman–Crippen LogP) is 3.23. The molecule has 5 nitrogen and oxygen atoms in total. The predicted molar refractivity (Wildman–Crippen MR) is 86.2 cm³/mol. The summed E-state index contributed by atoms with van der Waals surface area (Å²) < 4.78 is 19.5. The average molecular weight is 304 g/mol. The largest absolute Gasteiger partial charge is 0.487 e. The molecular weight excluding hydrogens is 279 g/mol. The van der Waals surface area contributed by atoms with E-state index >= 15 is 0 Å². The monoisotopic (exact) mass is 304 g/mol. The molecule has 1 atom stereocenters. The molecule has 2 aliphatic rings. The Morgan fingerprint density at radius 2 is 1.95 bits per heavy atom. The van der Waals surface area contributed by atoms with Crippen molar-refractivity contribution in [2.24, 2.45) is 0 Å². The fraction of sp³-hybridized carbons (Fsp3) is 0.688. The van der Waals surface area contributed by atoms with E-state index < -0.39 is 0 Å². The Labute approximate surface area is 132 Å². The molecule has 0 spiro atoms. The molecule has 1 unspecified atom stereocenters. The first-order valence-electron chi connectivity index (χ1n) is 8.08. The second-order valence-electron chi connectivity index (χ2n) is 7.03. The van der Waals surface area contributed by atoms with Gasteiger partial charge in [-0.05, 0) is 59.1 Å². The first-order chi connectivity index (χ1) is 10.4. The van der Waals surface area contributed by atoms with Crippen LogP contribution in [0.2, 0.25) is 0 Å². The molecule has 2 aliphatic heterocycles. The maximum Gasteiger partial charge on any atom is 0.487 e. The smallest absolute Gasteiger partial charge is 0.400 e. The molecule has 1 aromatic heterocycles. The van der Waals surface area contributed by atoms with Crippen molar-refractivity contribution in [2.75, 3.05) is 6.61 Å². The minimum Gasteiger partial charge on any atom is -0.400 e. The lowest BCUT2D eigenvalue weighted by molar-refractivity contribution is -0.0395. The van der Waals surface area contributed by atoms with Crippen LogP contribution in [0.5, 0.6) is 0 Å². The lowest BCUT2D eigenvalue weighted by atomic mass is 9.90. The number of aromatic nitrogens is 2. The van der Waals surface area contributed by atoms with Crippen molar-refractivity contribution in [3.05, 3.63) is 23.9 Å². The van der Waals surface area contributed by atoms with Crippen molar-refractivity contribution < 1.29 is 14.0 Å². The third-order valence-corrected chi connectivity index (χ3v) is 4.78. The van der Waals surface area contributed by atoms with E-state index in [4.69, 9.17) is 14.0 Å². The van der Waals surface area contributed by atoms with Crippen LogP contribution in [0.4, 0.5) is 0 Å². The lowest BCUT2D eigenvalue weighted by Crippen LogP contribution is -2.41. The maximum atomic E-state index is 5.94. The van der Waals surface area contributed by atoms with Crippen LogP contribution in [-0.2, 0) is 14.0 Å². The van der Waals surface area contributed by atoms with Crippen molar-refractivity contribution in [3.63, 3.8) is 0 Å². The van der Waals surface area contributed by atoms with Crippen LogP contribution in [-0.4, -0.2) is 34.7 Å².